The second-order valence-electron chi connectivity index (χ2n) is 5.54. The van der Waals surface area contributed by atoms with E-state index < -0.39 is 17.5 Å². The van der Waals surface area contributed by atoms with E-state index in [0.717, 1.165) is 10.1 Å². The number of hydrogen-bond acceptors (Lipinski definition) is 6. The van der Waals surface area contributed by atoms with Crippen LogP contribution in [0, 0.1) is 25.2 Å². The number of benzene rings is 1. The summed E-state index contributed by atoms with van der Waals surface area (Å²) in [5, 5.41) is 37.0. The average molecular weight is 326 g/mol. The Morgan fingerprint density at radius 1 is 1.29 bits per heavy atom. The molecule has 0 saturated heterocycles. The summed E-state index contributed by atoms with van der Waals surface area (Å²) in [6, 6.07) is 9.15. The molecule has 0 spiro atoms. The normalized spacial score (nSPS) is 12.3. The first-order valence-electron chi connectivity index (χ1n) is 7.38. The topological polar surface area (TPSA) is 111 Å². The third-order valence-electron chi connectivity index (χ3n) is 3.59. The number of aliphatic hydroxyl groups excluding tert-OH is 1. The number of nitriles is 1. The molecule has 0 aliphatic heterocycles. The number of aryl methyl sites for hydroxylation is 1. The Labute approximate surface area is 139 Å². The predicted octanol–water partition coefficient (Wildman–Crippen LogP) is 2.84. The zero-order valence-electron chi connectivity index (χ0n) is 13.7. The van der Waals surface area contributed by atoms with Crippen molar-refractivity contribution in [2.24, 2.45) is 10.2 Å². The Bertz CT molecular complexity index is 892. The molecule has 7 nitrogen and oxygen atoms in total. The zero-order valence-corrected chi connectivity index (χ0v) is 13.7. The number of nitrogens with zero attached hydrogens (tertiary/aromatic N) is 4. The van der Waals surface area contributed by atoms with Crippen LogP contribution in [0.2, 0.25) is 0 Å². The lowest BCUT2D eigenvalue weighted by molar-refractivity contribution is 0.167. The second kappa shape index (κ2) is 7.06. The van der Waals surface area contributed by atoms with Gasteiger partial charge in [-0.15, -0.1) is 5.11 Å². The highest BCUT2D eigenvalue weighted by molar-refractivity contribution is 5.57. The quantitative estimate of drug-likeness (QED) is 0.841. The van der Waals surface area contributed by atoms with Crippen LogP contribution in [0.4, 0.5) is 11.4 Å². The highest BCUT2D eigenvalue weighted by Gasteiger charge is 2.20. The summed E-state index contributed by atoms with van der Waals surface area (Å²) in [6.07, 6.45) is -0.871. The predicted molar refractivity (Wildman–Crippen MR) is 88.9 cm³/mol. The molecule has 1 unspecified atom stereocenters. The Balaban J connectivity index is 2.64. The molecule has 2 N–H and O–H groups in total. The minimum atomic E-state index is -0.871. The number of aromatic hydroxyl groups is 1. The summed E-state index contributed by atoms with van der Waals surface area (Å²) in [6.45, 7) is 4.72. The van der Waals surface area contributed by atoms with Gasteiger partial charge in [0.1, 0.15) is 11.6 Å². The number of rotatable bonds is 4. The zero-order chi connectivity index (χ0) is 17.9. The van der Waals surface area contributed by atoms with Gasteiger partial charge < -0.3 is 10.2 Å². The average Bonchev–Trinajstić information content (AvgIpc) is 2.53. The van der Waals surface area contributed by atoms with Crippen LogP contribution in [-0.4, -0.2) is 20.9 Å². The molecule has 0 fully saturated rings. The number of azo groups is 1. The fraction of sp³-hybridized carbons (Fsp3) is 0.294. The molecule has 2 rings (SSSR count). The minimum absolute atomic E-state index is 0.0340. The van der Waals surface area contributed by atoms with Gasteiger partial charge >= 0.3 is 0 Å². The highest BCUT2D eigenvalue weighted by atomic mass is 16.3. The van der Waals surface area contributed by atoms with Crippen LogP contribution in [0.5, 0.6) is 5.88 Å². The van der Waals surface area contributed by atoms with Gasteiger partial charge in [0.2, 0.25) is 5.88 Å². The molecule has 1 atom stereocenters. The number of aromatic nitrogens is 1. The maximum Gasteiger partial charge on any atom is 0.281 e. The first-order valence-corrected chi connectivity index (χ1v) is 7.38. The molecule has 0 aliphatic carbocycles. The van der Waals surface area contributed by atoms with Gasteiger partial charge in [-0.2, -0.15) is 10.4 Å². The van der Waals surface area contributed by atoms with Crippen LogP contribution in [0.1, 0.15) is 23.6 Å². The molecule has 124 valence electrons. The number of aliphatic hydroxyl groups is 1. The second-order valence-corrected chi connectivity index (χ2v) is 5.54. The van der Waals surface area contributed by atoms with Crippen molar-refractivity contribution < 1.29 is 10.2 Å². The van der Waals surface area contributed by atoms with Crippen LogP contribution in [0.25, 0.3) is 0 Å². The number of pyridine rings is 1. The molecule has 0 aliphatic rings. The maximum atomic E-state index is 12.5. The van der Waals surface area contributed by atoms with Crippen molar-refractivity contribution in [3.05, 3.63) is 51.3 Å². The van der Waals surface area contributed by atoms with Crippen molar-refractivity contribution in [2.75, 3.05) is 0 Å². The Hall–Kier alpha value is -2.98. The minimum Gasteiger partial charge on any atom is -0.493 e. The summed E-state index contributed by atoms with van der Waals surface area (Å²) in [5.41, 5.74) is 1.04. The van der Waals surface area contributed by atoms with Gasteiger partial charge in [0.05, 0.1) is 18.3 Å². The van der Waals surface area contributed by atoms with E-state index in [-0.39, 0.29) is 23.4 Å². The first-order chi connectivity index (χ1) is 11.4. The van der Waals surface area contributed by atoms with E-state index in [4.69, 9.17) is 0 Å². The Kier molecular flexibility index (Phi) is 5.11. The third kappa shape index (κ3) is 3.34. The number of hydrogen-bond donors (Lipinski definition) is 2. The van der Waals surface area contributed by atoms with Gasteiger partial charge in [0.25, 0.3) is 5.56 Å². The van der Waals surface area contributed by atoms with Crippen LogP contribution < -0.4 is 5.56 Å². The Morgan fingerprint density at radius 3 is 2.54 bits per heavy atom. The molecular formula is C17H18N4O3. The van der Waals surface area contributed by atoms with Crippen molar-refractivity contribution in [3.8, 4) is 11.9 Å². The van der Waals surface area contributed by atoms with Gasteiger partial charge in [-0.1, -0.05) is 18.2 Å². The molecule has 0 saturated carbocycles. The summed E-state index contributed by atoms with van der Waals surface area (Å²) in [4.78, 5) is 12.5. The molecule has 1 aromatic carbocycles. The third-order valence-corrected chi connectivity index (χ3v) is 3.59. The molecule has 1 heterocycles. The summed E-state index contributed by atoms with van der Waals surface area (Å²) < 4.78 is 0.933. The molecule has 7 heteroatoms. The standard InChI is InChI=1S/C17H18N4O3/c1-10-6-4-5-7-14(10)19-20-15-12(3)13(8-18)16(23)21(17(15)24)9-11(2)22/h4-7,11,22-23H,9H2,1-3H3. The lowest BCUT2D eigenvalue weighted by Gasteiger charge is -2.14. The first kappa shape index (κ1) is 17.4. The molecule has 0 bridgehead atoms. The molecule has 0 radical (unpaired) electrons. The van der Waals surface area contributed by atoms with Crippen LogP contribution >= 0.6 is 0 Å². The van der Waals surface area contributed by atoms with Gasteiger partial charge in [-0.25, -0.2) is 0 Å². The van der Waals surface area contributed by atoms with Crippen molar-refractivity contribution in [3.63, 3.8) is 0 Å². The molecule has 24 heavy (non-hydrogen) atoms. The fourth-order valence-corrected chi connectivity index (χ4v) is 2.27. The summed E-state index contributed by atoms with van der Waals surface area (Å²) in [5.74, 6) is -0.476. The Morgan fingerprint density at radius 2 is 1.96 bits per heavy atom. The van der Waals surface area contributed by atoms with Crippen molar-refractivity contribution in [1.82, 2.24) is 4.57 Å². The van der Waals surface area contributed by atoms with E-state index in [1.807, 2.05) is 25.1 Å². The molecular weight excluding hydrogens is 308 g/mol. The van der Waals surface area contributed by atoms with Crippen LogP contribution in [-0.2, 0) is 6.54 Å². The van der Waals surface area contributed by atoms with Crippen molar-refractivity contribution >= 4 is 11.4 Å². The lowest BCUT2D eigenvalue weighted by Crippen LogP contribution is -2.26. The van der Waals surface area contributed by atoms with Gasteiger partial charge in [-0.3, -0.25) is 9.36 Å². The molecule has 2 aromatic rings. The van der Waals surface area contributed by atoms with E-state index in [0.29, 0.717) is 5.69 Å². The SMILES string of the molecule is Cc1ccccc1N=Nc1c(C)c(C#N)c(O)n(CC(C)O)c1=O. The van der Waals surface area contributed by atoms with Gasteiger partial charge in [0.15, 0.2) is 5.69 Å². The van der Waals surface area contributed by atoms with E-state index in [2.05, 4.69) is 10.2 Å². The van der Waals surface area contributed by atoms with E-state index in [9.17, 15) is 20.3 Å². The van der Waals surface area contributed by atoms with Crippen molar-refractivity contribution in [1.29, 1.82) is 5.26 Å². The summed E-state index contributed by atoms with van der Waals surface area (Å²) >= 11 is 0. The van der Waals surface area contributed by atoms with Gasteiger partial charge in [0, 0.05) is 5.56 Å². The fourth-order valence-electron chi connectivity index (χ4n) is 2.27. The summed E-state index contributed by atoms with van der Waals surface area (Å²) in [7, 11) is 0. The van der Waals surface area contributed by atoms with Crippen molar-refractivity contribution in [2.45, 2.75) is 33.4 Å². The van der Waals surface area contributed by atoms with Crippen LogP contribution in [0.15, 0.2) is 39.3 Å². The maximum absolute atomic E-state index is 12.5. The molecule has 1 aromatic heterocycles. The van der Waals surface area contributed by atoms with Gasteiger partial charge in [-0.05, 0) is 32.4 Å². The van der Waals surface area contributed by atoms with E-state index >= 15 is 0 Å². The largest absolute Gasteiger partial charge is 0.493 e. The van der Waals surface area contributed by atoms with Crippen LogP contribution in [0.3, 0.4) is 0 Å². The molecule has 0 amide bonds. The van der Waals surface area contributed by atoms with E-state index in [1.54, 1.807) is 12.1 Å². The smallest absolute Gasteiger partial charge is 0.281 e. The monoisotopic (exact) mass is 326 g/mol. The lowest BCUT2D eigenvalue weighted by atomic mass is 10.1. The van der Waals surface area contributed by atoms with E-state index in [1.165, 1.54) is 13.8 Å². The highest BCUT2D eigenvalue weighted by Crippen LogP contribution is 2.27.